The largest absolute Gasteiger partial charge is 0.373 e. The van der Waals surface area contributed by atoms with E-state index < -0.39 is 10.0 Å². The Bertz CT molecular complexity index is 1180. The molecule has 1 aliphatic rings. The minimum atomic E-state index is -3.73. The van der Waals surface area contributed by atoms with Crippen LogP contribution in [0, 0.1) is 0 Å². The Hall–Kier alpha value is -3.01. The quantitative estimate of drug-likeness (QED) is 0.618. The number of carbonyl (C=O) groups is 1. The van der Waals surface area contributed by atoms with Gasteiger partial charge < -0.3 is 10.1 Å². The van der Waals surface area contributed by atoms with Crippen LogP contribution in [0.2, 0.25) is 0 Å². The molecular weight excluding hydrogens is 428 g/mol. The summed E-state index contributed by atoms with van der Waals surface area (Å²) in [4.78, 5) is 12.9. The molecule has 168 valence electrons. The van der Waals surface area contributed by atoms with E-state index in [9.17, 15) is 13.2 Å². The summed E-state index contributed by atoms with van der Waals surface area (Å²) in [7, 11) is -3.73. The van der Waals surface area contributed by atoms with Gasteiger partial charge in [0.15, 0.2) is 0 Å². The molecule has 1 aliphatic heterocycles. The number of nitrogens with one attached hydrogen (secondary N) is 1. The predicted molar refractivity (Wildman–Crippen MR) is 120 cm³/mol. The lowest BCUT2D eigenvalue weighted by Crippen LogP contribution is -2.48. The van der Waals surface area contributed by atoms with Gasteiger partial charge in [0.05, 0.1) is 22.8 Å². The molecule has 8 nitrogen and oxygen atoms in total. The molecule has 2 unspecified atom stereocenters. The van der Waals surface area contributed by atoms with E-state index in [0.29, 0.717) is 0 Å². The number of benzene rings is 2. The summed E-state index contributed by atoms with van der Waals surface area (Å²) in [5.74, 6) is -0.346. The van der Waals surface area contributed by atoms with Crippen molar-refractivity contribution in [2.75, 3.05) is 13.1 Å². The van der Waals surface area contributed by atoms with Crippen LogP contribution in [0.3, 0.4) is 0 Å². The maximum atomic E-state index is 13.1. The fourth-order valence-corrected chi connectivity index (χ4v) is 5.48. The third-order valence-electron chi connectivity index (χ3n) is 5.30. The second-order valence-corrected chi connectivity index (χ2v) is 9.81. The van der Waals surface area contributed by atoms with Crippen molar-refractivity contribution in [2.24, 2.45) is 0 Å². The van der Waals surface area contributed by atoms with Crippen molar-refractivity contribution in [1.29, 1.82) is 0 Å². The van der Waals surface area contributed by atoms with Crippen LogP contribution in [0.1, 0.15) is 29.8 Å². The Morgan fingerprint density at radius 3 is 2.56 bits per heavy atom. The van der Waals surface area contributed by atoms with Gasteiger partial charge in [0.2, 0.25) is 10.0 Å². The fourth-order valence-electron chi connectivity index (χ4n) is 3.85. The number of amides is 1. The lowest BCUT2D eigenvalue weighted by Gasteiger charge is -2.34. The van der Waals surface area contributed by atoms with E-state index in [1.165, 1.54) is 16.4 Å². The molecule has 0 spiro atoms. The van der Waals surface area contributed by atoms with Gasteiger partial charge in [-0.05, 0) is 49.7 Å². The zero-order valence-electron chi connectivity index (χ0n) is 18.0. The molecule has 2 atom stereocenters. The standard InChI is InChI=1S/C23H26N4O4S/c1-17-15-26(16-18(2)31-17)32(29,30)21-9-5-8-19(13-21)23(28)24-14-20-7-3-4-10-22(20)27-12-6-11-25-27/h3-13,17-18H,14-16H2,1-2H3,(H,24,28). The van der Waals surface area contributed by atoms with Crippen molar-refractivity contribution in [3.63, 3.8) is 0 Å². The number of morpholine rings is 1. The number of hydrogen-bond donors (Lipinski definition) is 1. The van der Waals surface area contributed by atoms with Crippen molar-refractivity contribution in [1.82, 2.24) is 19.4 Å². The third-order valence-corrected chi connectivity index (χ3v) is 7.13. The number of hydrogen-bond acceptors (Lipinski definition) is 5. The van der Waals surface area contributed by atoms with Crippen LogP contribution in [0.15, 0.2) is 71.9 Å². The molecule has 1 fully saturated rings. The lowest BCUT2D eigenvalue weighted by molar-refractivity contribution is -0.0440. The van der Waals surface area contributed by atoms with E-state index in [1.807, 2.05) is 50.4 Å². The van der Waals surface area contributed by atoms with Gasteiger partial charge in [0.1, 0.15) is 0 Å². The van der Waals surface area contributed by atoms with Gasteiger partial charge in [-0.2, -0.15) is 9.40 Å². The average molecular weight is 455 g/mol. The lowest BCUT2D eigenvalue weighted by atomic mass is 10.1. The summed E-state index contributed by atoms with van der Waals surface area (Å²) in [6, 6.07) is 15.6. The van der Waals surface area contributed by atoms with Crippen LogP contribution in [-0.4, -0.2) is 53.7 Å². The summed E-state index contributed by atoms with van der Waals surface area (Å²) in [5.41, 5.74) is 2.05. The molecule has 2 heterocycles. The molecule has 1 amide bonds. The molecular formula is C23H26N4O4S. The van der Waals surface area contributed by atoms with Crippen molar-refractivity contribution in [3.05, 3.63) is 78.1 Å². The zero-order valence-corrected chi connectivity index (χ0v) is 18.8. The van der Waals surface area contributed by atoms with E-state index in [-0.39, 0.29) is 48.2 Å². The summed E-state index contributed by atoms with van der Waals surface area (Å²) in [6.07, 6.45) is 3.16. The number of carbonyl (C=O) groups excluding carboxylic acids is 1. The highest BCUT2D eigenvalue weighted by molar-refractivity contribution is 7.89. The Morgan fingerprint density at radius 2 is 1.84 bits per heavy atom. The molecule has 0 bridgehead atoms. The van der Waals surface area contributed by atoms with E-state index in [1.54, 1.807) is 23.0 Å². The summed E-state index contributed by atoms with van der Waals surface area (Å²) >= 11 is 0. The SMILES string of the molecule is CC1CN(S(=O)(=O)c2cccc(C(=O)NCc3ccccc3-n3cccn3)c2)CC(C)O1. The second-order valence-electron chi connectivity index (χ2n) is 7.87. The Balaban J connectivity index is 1.50. The number of ether oxygens (including phenoxy) is 1. The summed E-state index contributed by atoms with van der Waals surface area (Å²) < 4.78 is 35.1. The fraction of sp³-hybridized carbons (Fsp3) is 0.304. The van der Waals surface area contributed by atoms with E-state index >= 15 is 0 Å². The number of aromatic nitrogens is 2. The Labute approximate surface area is 187 Å². The van der Waals surface area contributed by atoms with Crippen LogP contribution in [-0.2, 0) is 21.3 Å². The van der Waals surface area contributed by atoms with Crippen molar-refractivity contribution >= 4 is 15.9 Å². The van der Waals surface area contributed by atoms with Crippen molar-refractivity contribution in [3.8, 4) is 5.69 Å². The maximum absolute atomic E-state index is 13.1. The van der Waals surface area contributed by atoms with Crippen LogP contribution in [0.5, 0.6) is 0 Å². The van der Waals surface area contributed by atoms with Crippen molar-refractivity contribution < 1.29 is 17.9 Å². The average Bonchev–Trinajstić information content (AvgIpc) is 3.32. The molecule has 0 aliphatic carbocycles. The first-order chi connectivity index (χ1) is 15.3. The van der Waals surface area contributed by atoms with Gasteiger partial charge >= 0.3 is 0 Å². The zero-order chi connectivity index (χ0) is 22.7. The molecule has 3 aromatic rings. The van der Waals surface area contributed by atoms with Crippen molar-refractivity contribution in [2.45, 2.75) is 37.5 Å². The minimum absolute atomic E-state index is 0.100. The predicted octanol–water partition coefficient (Wildman–Crippen LogP) is 2.60. The van der Waals surface area contributed by atoms with Crippen LogP contribution in [0.4, 0.5) is 0 Å². The van der Waals surface area contributed by atoms with Gasteiger partial charge in [-0.1, -0.05) is 24.3 Å². The van der Waals surface area contributed by atoms with E-state index in [2.05, 4.69) is 10.4 Å². The van der Waals surface area contributed by atoms with Crippen LogP contribution < -0.4 is 5.32 Å². The smallest absolute Gasteiger partial charge is 0.251 e. The molecule has 1 saturated heterocycles. The van der Waals surface area contributed by atoms with E-state index in [0.717, 1.165) is 11.3 Å². The molecule has 4 rings (SSSR count). The normalized spacial score (nSPS) is 19.6. The third kappa shape index (κ3) is 4.74. The molecule has 0 radical (unpaired) electrons. The number of sulfonamides is 1. The Kier molecular flexibility index (Phi) is 6.40. The first kappa shape index (κ1) is 22.2. The minimum Gasteiger partial charge on any atom is -0.373 e. The van der Waals surface area contributed by atoms with Gasteiger partial charge in [0.25, 0.3) is 5.91 Å². The molecule has 1 N–H and O–H groups in total. The van der Waals surface area contributed by atoms with Gasteiger partial charge in [-0.3, -0.25) is 4.79 Å². The first-order valence-corrected chi connectivity index (χ1v) is 11.9. The number of rotatable bonds is 6. The van der Waals surface area contributed by atoms with Crippen LogP contribution in [0.25, 0.3) is 5.69 Å². The van der Waals surface area contributed by atoms with E-state index in [4.69, 9.17) is 4.74 Å². The molecule has 2 aromatic carbocycles. The maximum Gasteiger partial charge on any atom is 0.251 e. The van der Waals surface area contributed by atoms with Gasteiger partial charge in [0, 0.05) is 37.6 Å². The molecule has 32 heavy (non-hydrogen) atoms. The highest BCUT2D eigenvalue weighted by Gasteiger charge is 2.32. The van der Waals surface area contributed by atoms with Crippen LogP contribution >= 0.6 is 0 Å². The van der Waals surface area contributed by atoms with Gasteiger partial charge in [-0.25, -0.2) is 13.1 Å². The topological polar surface area (TPSA) is 93.5 Å². The first-order valence-electron chi connectivity index (χ1n) is 10.5. The molecule has 9 heteroatoms. The Morgan fingerprint density at radius 1 is 1.09 bits per heavy atom. The number of para-hydroxylation sites is 1. The van der Waals surface area contributed by atoms with Gasteiger partial charge in [-0.15, -0.1) is 0 Å². The number of nitrogens with zero attached hydrogens (tertiary/aromatic N) is 3. The molecule has 0 saturated carbocycles. The molecule has 1 aromatic heterocycles. The highest BCUT2D eigenvalue weighted by atomic mass is 32.2. The summed E-state index contributed by atoms with van der Waals surface area (Å²) in [5, 5.41) is 7.13. The second kappa shape index (κ2) is 9.23. The monoisotopic (exact) mass is 454 g/mol. The highest BCUT2D eigenvalue weighted by Crippen LogP contribution is 2.22. The summed E-state index contributed by atoms with van der Waals surface area (Å²) in [6.45, 7) is 4.55.